The fourth-order valence-corrected chi connectivity index (χ4v) is 1.69. The second-order valence-corrected chi connectivity index (χ2v) is 6.89. The molecule has 106 valence electrons. The molecule has 0 saturated heterocycles. The highest BCUT2D eigenvalue weighted by atomic mass is 35.6. The van der Waals surface area contributed by atoms with Gasteiger partial charge < -0.3 is 10.1 Å². The van der Waals surface area contributed by atoms with Crippen molar-refractivity contribution in [3.8, 4) is 5.75 Å². The minimum atomic E-state index is -1.75. The molecule has 6 heteroatoms. The van der Waals surface area contributed by atoms with Gasteiger partial charge in [0.1, 0.15) is 5.75 Å². The predicted molar refractivity (Wildman–Crippen MR) is 78.7 cm³/mol. The number of hydrogen-bond donors (Lipinski definition) is 1. The zero-order valence-corrected chi connectivity index (χ0v) is 13.0. The van der Waals surface area contributed by atoms with Gasteiger partial charge in [0.2, 0.25) is 15.9 Å². The second-order valence-electron chi connectivity index (χ2n) is 4.52. The van der Waals surface area contributed by atoms with Crippen molar-refractivity contribution >= 4 is 40.7 Å². The quantitative estimate of drug-likeness (QED) is 0.658. The number of carbonyl (C=O) groups excluding carboxylic acids is 1. The first kappa shape index (κ1) is 16.4. The van der Waals surface area contributed by atoms with Gasteiger partial charge in [0.15, 0.2) is 0 Å². The molecule has 0 aliphatic rings. The van der Waals surface area contributed by atoms with Gasteiger partial charge in [-0.25, -0.2) is 0 Å². The van der Waals surface area contributed by atoms with E-state index in [1.807, 2.05) is 19.9 Å². The van der Waals surface area contributed by atoms with Crippen molar-refractivity contribution in [3.63, 3.8) is 0 Å². The summed E-state index contributed by atoms with van der Waals surface area (Å²) in [7, 11) is 0. The number of benzene rings is 1. The Morgan fingerprint density at radius 3 is 2.32 bits per heavy atom. The van der Waals surface area contributed by atoms with Crippen LogP contribution in [-0.2, 0) is 4.79 Å². The topological polar surface area (TPSA) is 38.3 Å². The van der Waals surface area contributed by atoms with E-state index in [1.54, 1.807) is 24.3 Å². The fourth-order valence-electron chi connectivity index (χ4n) is 1.39. The van der Waals surface area contributed by atoms with E-state index in [-0.39, 0.29) is 11.8 Å². The average Bonchev–Trinajstić information content (AvgIpc) is 2.27. The average molecular weight is 325 g/mol. The van der Waals surface area contributed by atoms with Crippen LogP contribution >= 0.6 is 34.8 Å². The van der Waals surface area contributed by atoms with Gasteiger partial charge in [-0.15, -0.1) is 0 Å². The highest BCUT2D eigenvalue weighted by Gasteiger charge is 2.36. The Balaban J connectivity index is 2.71. The summed E-state index contributed by atoms with van der Waals surface area (Å²) in [6, 6.07) is 8.87. The number of halogens is 3. The van der Waals surface area contributed by atoms with Crippen molar-refractivity contribution in [2.75, 3.05) is 0 Å². The number of nitrogens with one attached hydrogen (secondary N) is 1. The van der Waals surface area contributed by atoms with Gasteiger partial charge in [-0.1, -0.05) is 66.8 Å². The first-order valence-corrected chi connectivity index (χ1v) is 7.00. The Hall–Kier alpha value is -0.640. The standard InChI is InChI=1S/C13H16Cl3NO2/c1-9(2)8-11(18)17-12(13(14,15)16)19-10-6-4-3-5-7-10/h3-7,9,12H,8H2,1-2H3,(H,17,18). The lowest BCUT2D eigenvalue weighted by Gasteiger charge is -2.26. The molecular weight excluding hydrogens is 309 g/mol. The molecule has 1 unspecified atom stereocenters. The van der Waals surface area contributed by atoms with E-state index < -0.39 is 10.0 Å². The summed E-state index contributed by atoms with van der Waals surface area (Å²) in [6.45, 7) is 3.87. The molecule has 0 bridgehead atoms. The molecule has 0 spiro atoms. The van der Waals surface area contributed by atoms with Crippen molar-refractivity contribution < 1.29 is 9.53 Å². The Morgan fingerprint density at radius 1 is 1.26 bits per heavy atom. The first-order chi connectivity index (χ1) is 8.79. The lowest BCUT2D eigenvalue weighted by molar-refractivity contribution is -0.124. The van der Waals surface area contributed by atoms with Crippen LogP contribution in [0.5, 0.6) is 5.75 Å². The SMILES string of the molecule is CC(C)CC(=O)NC(Oc1ccccc1)C(Cl)(Cl)Cl. The Kier molecular flexibility index (Phi) is 6.24. The highest BCUT2D eigenvalue weighted by molar-refractivity contribution is 6.68. The molecule has 1 atom stereocenters. The normalized spacial score (nSPS) is 13.2. The summed E-state index contributed by atoms with van der Waals surface area (Å²) < 4.78 is 3.76. The second kappa shape index (κ2) is 7.22. The largest absolute Gasteiger partial charge is 0.466 e. The zero-order valence-electron chi connectivity index (χ0n) is 10.7. The van der Waals surface area contributed by atoms with Crippen LogP contribution in [0.2, 0.25) is 0 Å². The van der Waals surface area contributed by atoms with E-state index in [1.165, 1.54) is 0 Å². The molecule has 0 saturated carbocycles. The Labute approximate surface area is 128 Å². The summed E-state index contributed by atoms with van der Waals surface area (Å²) in [5.74, 6) is 0.513. The van der Waals surface area contributed by atoms with Crippen molar-refractivity contribution in [1.82, 2.24) is 5.32 Å². The molecule has 0 aliphatic heterocycles. The number of ether oxygens (including phenoxy) is 1. The summed E-state index contributed by atoms with van der Waals surface area (Å²) in [4.78, 5) is 11.7. The molecule has 19 heavy (non-hydrogen) atoms. The van der Waals surface area contributed by atoms with Crippen LogP contribution in [0.1, 0.15) is 20.3 Å². The maximum atomic E-state index is 11.7. The Morgan fingerprint density at radius 2 is 1.84 bits per heavy atom. The molecule has 0 aromatic heterocycles. The molecule has 0 fully saturated rings. The van der Waals surface area contributed by atoms with Crippen molar-refractivity contribution in [1.29, 1.82) is 0 Å². The lowest BCUT2D eigenvalue weighted by atomic mass is 10.1. The molecule has 0 radical (unpaired) electrons. The van der Waals surface area contributed by atoms with Gasteiger partial charge >= 0.3 is 0 Å². The van der Waals surface area contributed by atoms with Crippen LogP contribution in [0.4, 0.5) is 0 Å². The minimum absolute atomic E-state index is 0.216. The molecule has 1 N–H and O–H groups in total. The third-order valence-electron chi connectivity index (χ3n) is 2.18. The maximum absolute atomic E-state index is 11.7. The Bertz CT molecular complexity index is 404. The molecule has 1 amide bonds. The molecule has 1 aromatic rings. The molecular formula is C13H16Cl3NO2. The molecule has 3 nitrogen and oxygen atoms in total. The minimum Gasteiger partial charge on any atom is -0.466 e. The van der Waals surface area contributed by atoms with Crippen LogP contribution in [-0.4, -0.2) is 15.9 Å². The third-order valence-corrected chi connectivity index (χ3v) is 2.77. The number of carbonyl (C=O) groups is 1. The monoisotopic (exact) mass is 323 g/mol. The van der Waals surface area contributed by atoms with Gasteiger partial charge in [0.05, 0.1) is 0 Å². The third kappa shape index (κ3) is 6.37. The van der Waals surface area contributed by atoms with Crippen LogP contribution in [0.15, 0.2) is 30.3 Å². The molecule has 1 aromatic carbocycles. The van der Waals surface area contributed by atoms with Gasteiger partial charge in [-0.05, 0) is 18.1 Å². The van der Waals surface area contributed by atoms with E-state index in [4.69, 9.17) is 39.5 Å². The van der Waals surface area contributed by atoms with Crippen LogP contribution < -0.4 is 10.1 Å². The molecule has 0 aliphatic carbocycles. The van der Waals surface area contributed by atoms with Crippen LogP contribution in [0.3, 0.4) is 0 Å². The van der Waals surface area contributed by atoms with E-state index in [2.05, 4.69) is 5.32 Å². The smallest absolute Gasteiger partial charge is 0.246 e. The van der Waals surface area contributed by atoms with Crippen molar-refractivity contribution in [2.24, 2.45) is 5.92 Å². The summed E-state index contributed by atoms with van der Waals surface area (Å²) in [5, 5.41) is 2.58. The maximum Gasteiger partial charge on any atom is 0.246 e. The van der Waals surface area contributed by atoms with Gasteiger partial charge in [0, 0.05) is 6.42 Å². The summed E-state index contributed by atoms with van der Waals surface area (Å²) in [6.07, 6.45) is -0.693. The van der Waals surface area contributed by atoms with E-state index >= 15 is 0 Å². The van der Waals surface area contributed by atoms with E-state index in [9.17, 15) is 4.79 Å². The van der Waals surface area contributed by atoms with Crippen LogP contribution in [0.25, 0.3) is 0 Å². The van der Waals surface area contributed by atoms with E-state index in [0.717, 1.165) is 0 Å². The molecule has 0 heterocycles. The van der Waals surface area contributed by atoms with Crippen molar-refractivity contribution in [3.05, 3.63) is 30.3 Å². The number of rotatable bonds is 5. The number of alkyl halides is 3. The van der Waals surface area contributed by atoms with Gasteiger partial charge in [0.25, 0.3) is 0 Å². The first-order valence-electron chi connectivity index (χ1n) is 5.87. The lowest BCUT2D eigenvalue weighted by Crippen LogP contribution is -2.48. The van der Waals surface area contributed by atoms with Crippen LogP contribution in [0, 0.1) is 5.92 Å². The number of para-hydroxylation sites is 1. The van der Waals surface area contributed by atoms with Crippen molar-refractivity contribution in [2.45, 2.75) is 30.3 Å². The van der Waals surface area contributed by atoms with Gasteiger partial charge in [-0.3, -0.25) is 4.79 Å². The van der Waals surface area contributed by atoms with Gasteiger partial charge in [-0.2, -0.15) is 0 Å². The highest BCUT2D eigenvalue weighted by Crippen LogP contribution is 2.32. The van der Waals surface area contributed by atoms with E-state index in [0.29, 0.717) is 12.2 Å². The fraction of sp³-hybridized carbons (Fsp3) is 0.462. The summed E-state index contributed by atoms with van der Waals surface area (Å²) >= 11 is 17.5. The molecule has 1 rings (SSSR count). The summed E-state index contributed by atoms with van der Waals surface area (Å²) in [5.41, 5.74) is 0. The zero-order chi connectivity index (χ0) is 14.5. The number of hydrogen-bond acceptors (Lipinski definition) is 2. The predicted octanol–water partition coefficient (Wildman–Crippen LogP) is 3.92. The number of amides is 1.